The summed E-state index contributed by atoms with van der Waals surface area (Å²) in [5.74, 6) is 0.693. The highest BCUT2D eigenvalue weighted by atomic mass is 32.2. The number of rotatable bonds is 8. The molecule has 0 spiro atoms. The molecular weight excluding hydrogens is 286 g/mol. The number of carbonyl (C=O) groups is 2. The van der Waals surface area contributed by atoms with Crippen LogP contribution in [0.4, 0.5) is 0 Å². The predicted molar refractivity (Wildman–Crippen MR) is 85.9 cm³/mol. The van der Waals surface area contributed by atoms with Gasteiger partial charge in [-0.25, -0.2) is 0 Å². The Balaban J connectivity index is 2.66. The Bertz CT molecular complexity index is 453. The fraction of sp³-hybridized carbons (Fsp3) is 0.533. The molecule has 0 fully saturated rings. The Labute approximate surface area is 130 Å². The highest BCUT2D eigenvalue weighted by molar-refractivity contribution is 7.98. The molecule has 0 unspecified atom stereocenters. The minimum Gasteiger partial charge on any atom is -0.344 e. The number of nitrogens with one attached hydrogen (secondary N) is 1. The van der Waals surface area contributed by atoms with E-state index in [-0.39, 0.29) is 11.8 Å². The van der Waals surface area contributed by atoms with Crippen molar-refractivity contribution in [3.8, 4) is 0 Å². The monoisotopic (exact) mass is 309 g/mol. The molecule has 0 aliphatic rings. The molecule has 0 radical (unpaired) electrons. The minimum atomic E-state index is -0.447. The number of nitrogens with zero attached hydrogens (tertiary/aromatic N) is 2. The lowest BCUT2D eigenvalue weighted by Crippen LogP contribution is -2.47. The zero-order chi connectivity index (χ0) is 15.7. The van der Waals surface area contributed by atoms with Crippen LogP contribution in [-0.2, 0) is 16.1 Å². The van der Waals surface area contributed by atoms with Gasteiger partial charge in [-0.05, 0) is 36.1 Å². The van der Waals surface area contributed by atoms with Crippen LogP contribution in [0.25, 0.3) is 0 Å². The molecule has 0 aliphatic carbocycles. The van der Waals surface area contributed by atoms with Crippen molar-refractivity contribution >= 4 is 23.6 Å². The predicted octanol–water partition coefficient (Wildman–Crippen LogP) is 1.69. The molecule has 0 aliphatic heterocycles. The van der Waals surface area contributed by atoms with Crippen LogP contribution >= 0.6 is 11.8 Å². The highest BCUT2D eigenvalue weighted by Gasteiger charge is 2.23. The number of aromatic nitrogens is 1. The van der Waals surface area contributed by atoms with E-state index in [1.54, 1.807) is 43.0 Å². The molecule has 21 heavy (non-hydrogen) atoms. The molecule has 2 amide bonds. The van der Waals surface area contributed by atoms with Crippen LogP contribution < -0.4 is 5.32 Å². The Morgan fingerprint density at radius 1 is 1.38 bits per heavy atom. The molecule has 1 aromatic rings. The number of hydrogen-bond donors (Lipinski definition) is 1. The summed E-state index contributed by atoms with van der Waals surface area (Å²) in [6, 6.07) is 3.31. The third-order valence-corrected chi connectivity index (χ3v) is 3.75. The fourth-order valence-corrected chi connectivity index (χ4v) is 2.37. The molecule has 0 saturated heterocycles. The summed E-state index contributed by atoms with van der Waals surface area (Å²) in [6.45, 7) is 2.30. The van der Waals surface area contributed by atoms with Gasteiger partial charge < -0.3 is 10.2 Å². The average Bonchev–Trinajstić information content (AvgIpc) is 2.51. The van der Waals surface area contributed by atoms with Gasteiger partial charge in [-0.15, -0.1) is 0 Å². The van der Waals surface area contributed by atoms with E-state index in [9.17, 15) is 9.59 Å². The molecule has 0 bridgehead atoms. The molecule has 5 nitrogen and oxygen atoms in total. The van der Waals surface area contributed by atoms with Crippen LogP contribution in [0, 0.1) is 0 Å². The van der Waals surface area contributed by atoms with E-state index >= 15 is 0 Å². The normalized spacial score (nSPS) is 11.8. The molecular formula is C15H23N3O2S. The number of pyridine rings is 1. The van der Waals surface area contributed by atoms with Crippen molar-refractivity contribution < 1.29 is 9.59 Å². The maximum absolute atomic E-state index is 12.5. The van der Waals surface area contributed by atoms with Crippen molar-refractivity contribution in [2.75, 3.05) is 19.1 Å². The summed E-state index contributed by atoms with van der Waals surface area (Å²) in [6.07, 6.45) is 6.43. The second kappa shape index (κ2) is 9.39. The van der Waals surface area contributed by atoms with E-state index in [1.165, 1.54) is 0 Å². The van der Waals surface area contributed by atoms with Crippen molar-refractivity contribution in [1.29, 1.82) is 0 Å². The van der Waals surface area contributed by atoms with Crippen LogP contribution in [0.2, 0.25) is 0 Å². The Hall–Kier alpha value is -1.56. The Kier molecular flexibility index (Phi) is 7.82. The molecule has 1 heterocycles. The van der Waals surface area contributed by atoms with Crippen molar-refractivity contribution in [3.63, 3.8) is 0 Å². The smallest absolute Gasteiger partial charge is 0.245 e. The third-order valence-electron chi connectivity index (χ3n) is 3.11. The zero-order valence-electron chi connectivity index (χ0n) is 12.8. The molecule has 1 aromatic heterocycles. The van der Waals surface area contributed by atoms with E-state index in [4.69, 9.17) is 0 Å². The average molecular weight is 309 g/mol. The fourth-order valence-electron chi connectivity index (χ4n) is 1.90. The van der Waals surface area contributed by atoms with Crippen LogP contribution in [-0.4, -0.2) is 46.8 Å². The first-order chi connectivity index (χ1) is 10.1. The highest BCUT2D eigenvalue weighted by Crippen LogP contribution is 2.07. The summed E-state index contributed by atoms with van der Waals surface area (Å²) in [7, 11) is 1.76. The zero-order valence-corrected chi connectivity index (χ0v) is 13.7. The number of likely N-dealkylation sites (N-methyl/N-ethyl adjacent to an activating group) is 1. The van der Waals surface area contributed by atoms with Crippen LogP contribution in [0.3, 0.4) is 0 Å². The molecule has 116 valence electrons. The number of thioether (sulfide) groups is 1. The SMILES string of the molecule is CCC(=O)N[C@@H](CCSC)C(=O)N(C)Cc1ccncc1. The lowest BCUT2D eigenvalue weighted by molar-refractivity contribution is -0.135. The Morgan fingerprint density at radius 3 is 2.62 bits per heavy atom. The summed E-state index contributed by atoms with van der Waals surface area (Å²) >= 11 is 1.67. The van der Waals surface area contributed by atoms with Crippen molar-refractivity contribution in [3.05, 3.63) is 30.1 Å². The lowest BCUT2D eigenvalue weighted by Gasteiger charge is -2.24. The van der Waals surface area contributed by atoms with Gasteiger partial charge in [0.15, 0.2) is 0 Å². The van der Waals surface area contributed by atoms with Crippen LogP contribution in [0.15, 0.2) is 24.5 Å². The topological polar surface area (TPSA) is 62.3 Å². The van der Waals surface area contributed by atoms with Crippen molar-refractivity contribution in [2.45, 2.75) is 32.4 Å². The van der Waals surface area contributed by atoms with Crippen LogP contribution in [0.1, 0.15) is 25.3 Å². The summed E-state index contributed by atoms with van der Waals surface area (Å²) in [5, 5.41) is 2.81. The summed E-state index contributed by atoms with van der Waals surface area (Å²) in [5.41, 5.74) is 1.02. The number of amides is 2. The maximum Gasteiger partial charge on any atom is 0.245 e. The lowest BCUT2D eigenvalue weighted by atomic mass is 10.1. The quantitative estimate of drug-likeness (QED) is 0.794. The van der Waals surface area contributed by atoms with Crippen molar-refractivity contribution in [2.24, 2.45) is 0 Å². The number of carbonyl (C=O) groups excluding carboxylic acids is 2. The van der Waals surface area contributed by atoms with Gasteiger partial charge >= 0.3 is 0 Å². The second-order valence-corrected chi connectivity index (χ2v) is 5.79. The molecule has 1 rings (SSSR count). The molecule has 1 N–H and O–H groups in total. The van der Waals surface area contributed by atoms with Gasteiger partial charge in [0.05, 0.1) is 0 Å². The molecule has 0 saturated carbocycles. The molecule has 1 atom stereocenters. The first-order valence-electron chi connectivity index (χ1n) is 7.00. The third kappa shape index (κ3) is 6.16. The first-order valence-corrected chi connectivity index (χ1v) is 8.40. The van der Waals surface area contributed by atoms with Crippen LogP contribution in [0.5, 0.6) is 0 Å². The largest absolute Gasteiger partial charge is 0.344 e. The van der Waals surface area contributed by atoms with E-state index < -0.39 is 6.04 Å². The van der Waals surface area contributed by atoms with Gasteiger partial charge in [0.2, 0.25) is 11.8 Å². The van der Waals surface area contributed by atoms with E-state index in [0.29, 0.717) is 19.4 Å². The van der Waals surface area contributed by atoms with Gasteiger partial charge in [-0.3, -0.25) is 14.6 Å². The summed E-state index contributed by atoms with van der Waals surface area (Å²) < 4.78 is 0. The van der Waals surface area contributed by atoms with E-state index in [2.05, 4.69) is 10.3 Å². The van der Waals surface area contributed by atoms with Gasteiger partial charge in [0, 0.05) is 32.4 Å². The van der Waals surface area contributed by atoms with Gasteiger partial charge in [0.1, 0.15) is 6.04 Å². The van der Waals surface area contributed by atoms with E-state index in [1.807, 2.05) is 18.4 Å². The summed E-state index contributed by atoms with van der Waals surface area (Å²) in [4.78, 5) is 29.7. The first kappa shape index (κ1) is 17.5. The number of hydrogen-bond acceptors (Lipinski definition) is 4. The standard InChI is InChI=1S/C15H23N3O2S/c1-4-14(19)17-13(7-10-21-3)15(20)18(2)11-12-5-8-16-9-6-12/h5-6,8-9,13H,4,7,10-11H2,1-3H3,(H,17,19)/t13-/m0/s1. The van der Waals surface area contributed by atoms with Gasteiger partial charge in [-0.2, -0.15) is 11.8 Å². The van der Waals surface area contributed by atoms with E-state index in [0.717, 1.165) is 11.3 Å². The minimum absolute atomic E-state index is 0.0531. The second-order valence-electron chi connectivity index (χ2n) is 4.80. The Morgan fingerprint density at radius 2 is 2.05 bits per heavy atom. The maximum atomic E-state index is 12.5. The van der Waals surface area contributed by atoms with Crippen molar-refractivity contribution in [1.82, 2.24) is 15.2 Å². The van der Waals surface area contributed by atoms with Gasteiger partial charge in [-0.1, -0.05) is 6.92 Å². The molecule has 0 aromatic carbocycles. The molecule has 6 heteroatoms. The van der Waals surface area contributed by atoms with Gasteiger partial charge in [0.25, 0.3) is 0 Å².